The molecule has 1 aromatic heterocycles. The molecule has 0 unspecified atom stereocenters. The number of thiophene rings is 1. The molecule has 0 spiro atoms. The van der Waals surface area contributed by atoms with Gasteiger partial charge in [-0.15, -0.1) is 11.3 Å². The van der Waals surface area contributed by atoms with E-state index in [2.05, 4.69) is 33.1 Å². The summed E-state index contributed by atoms with van der Waals surface area (Å²) in [5.41, 5.74) is 4.14. The molecule has 1 heterocycles. The number of nitrogens with one attached hydrogen (secondary N) is 1. The van der Waals surface area contributed by atoms with E-state index >= 15 is 0 Å². The molecule has 1 amide bonds. The molecule has 7 nitrogen and oxygen atoms in total. The fourth-order valence-corrected chi connectivity index (χ4v) is 4.93. The van der Waals surface area contributed by atoms with Gasteiger partial charge in [-0.1, -0.05) is 29.3 Å². The number of carbonyl (C=O) groups is 1. The SMILES string of the molecule is O=C(N/N=C\c1ccc(OCc2ccc(Cl)c(Cl)c2)c(I)c1)c1cc2cc([N+](=O)[O-])ccc2s1. The van der Waals surface area contributed by atoms with Crippen LogP contribution in [0, 0.1) is 13.7 Å². The number of hydrogen-bond acceptors (Lipinski definition) is 6. The summed E-state index contributed by atoms with van der Waals surface area (Å²) < 4.78 is 7.52. The first-order valence-electron chi connectivity index (χ1n) is 9.68. The minimum absolute atomic E-state index is 0.0192. The van der Waals surface area contributed by atoms with E-state index in [0.29, 0.717) is 32.7 Å². The zero-order chi connectivity index (χ0) is 24.2. The van der Waals surface area contributed by atoms with E-state index in [0.717, 1.165) is 19.4 Å². The van der Waals surface area contributed by atoms with Gasteiger partial charge in [0.2, 0.25) is 0 Å². The van der Waals surface area contributed by atoms with E-state index in [4.69, 9.17) is 27.9 Å². The standard InChI is InChI=1S/C23H14Cl2IN3O4S/c24-17-4-1-14(7-18(17)25)12-33-20-5-2-13(8-19(20)26)11-27-28-23(30)22-10-15-9-16(29(31)32)3-6-21(15)34-22/h1-11H,12H2,(H,28,30)/b27-11-. The summed E-state index contributed by atoms with van der Waals surface area (Å²) >= 11 is 15.4. The second-order valence-corrected chi connectivity index (χ2v) is 10.1. The predicted octanol–water partition coefficient (Wildman–Crippen LogP) is 7.06. The number of nitro benzene ring substituents is 1. The lowest BCUT2D eigenvalue weighted by Crippen LogP contribution is -2.16. The molecular formula is C23H14Cl2IN3O4S. The average molecular weight is 626 g/mol. The molecule has 1 N–H and O–H groups in total. The molecule has 0 aliphatic carbocycles. The summed E-state index contributed by atoms with van der Waals surface area (Å²) in [6.07, 6.45) is 1.53. The first-order valence-corrected chi connectivity index (χ1v) is 12.3. The summed E-state index contributed by atoms with van der Waals surface area (Å²) in [6, 6.07) is 17.0. The molecule has 0 saturated heterocycles. The van der Waals surface area contributed by atoms with Crippen molar-refractivity contribution in [3.05, 3.63) is 100 Å². The molecule has 0 bridgehead atoms. The van der Waals surface area contributed by atoms with Gasteiger partial charge in [0.25, 0.3) is 11.6 Å². The Balaban J connectivity index is 1.37. The molecule has 0 aliphatic heterocycles. The van der Waals surface area contributed by atoms with Crippen LogP contribution in [0.2, 0.25) is 10.0 Å². The zero-order valence-corrected chi connectivity index (χ0v) is 21.6. The normalized spacial score (nSPS) is 11.1. The maximum absolute atomic E-state index is 12.4. The number of nitrogens with zero attached hydrogens (tertiary/aromatic N) is 2. The van der Waals surface area contributed by atoms with E-state index < -0.39 is 10.8 Å². The second-order valence-electron chi connectivity index (χ2n) is 7.02. The van der Waals surface area contributed by atoms with Crippen LogP contribution in [-0.4, -0.2) is 17.0 Å². The molecule has 0 fully saturated rings. The van der Waals surface area contributed by atoms with E-state index in [1.807, 2.05) is 24.3 Å². The van der Waals surface area contributed by atoms with Crippen molar-refractivity contribution in [2.24, 2.45) is 5.10 Å². The third kappa shape index (κ3) is 5.84. The first kappa shape index (κ1) is 24.4. The fourth-order valence-electron chi connectivity index (χ4n) is 2.98. The van der Waals surface area contributed by atoms with Crippen LogP contribution in [-0.2, 0) is 6.61 Å². The van der Waals surface area contributed by atoms with Crippen LogP contribution in [0.3, 0.4) is 0 Å². The fraction of sp³-hybridized carbons (Fsp3) is 0.0435. The number of carbonyl (C=O) groups excluding carboxylic acids is 1. The molecule has 0 radical (unpaired) electrons. The number of benzene rings is 3. The quantitative estimate of drug-likeness (QED) is 0.103. The summed E-state index contributed by atoms with van der Waals surface area (Å²) in [5, 5.41) is 16.5. The van der Waals surface area contributed by atoms with Crippen molar-refractivity contribution in [3.63, 3.8) is 0 Å². The second kappa shape index (κ2) is 10.7. The van der Waals surface area contributed by atoms with Crippen LogP contribution < -0.4 is 10.2 Å². The molecule has 3 aromatic carbocycles. The van der Waals surface area contributed by atoms with Gasteiger partial charge in [-0.05, 0) is 76.2 Å². The predicted molar refractivity (Wildman–Crippen MR) is 143 cm³/mol. The molecule has 34 heavy (non-hydrogen) atoms. The molecule has 0 saturated carbocycles. The Morgan fingerprint density at radius 3 is 2.68 bits per heavy atom. The highest BCUT2D eigenvalue weighted by Gasteiger charge is 2.13. The van der Waals surface area contributed by atoms with Crippen LogP contribution >= 0.6 is 57.1 Å². The van der Waals surface area contributed by atoms with Crippen molar-refractivity contribution in [1.29, 1.82) is 0 Å². The number of hydrogen-bond donors (Lipinski definition) is 1. The van der Waals surface area contributed by atoms with Crippen LogP contribution in [0.5, 0.6) is 5.75 Å². The average Bonchev–Trinajstić information content (AvgIpc) is 3.24. The topological polar surface area (TPSA) is 93.8 Å². The van der Waals surface area contributed by atoms with Crippen molar-refractivity contribution in [2.45, 2.75) is 6.61 Å². The number of rotatable bonds is 7. The maximum atomic E-state index is 12.4. The van der Waals surface area contributed by atoms with Crippen molar-refractivity contribution in [2.75, 3.05) is 0 Å². The number of hydrazone groups is 1. The highest BCUT2D eigenvalue weighted by Crippen LogP contribution is 2.29. The Bertz CT molecular complexity index is 1440. The summed E-state index contributed by atoms with van der Waals surface area (Å²) in [5.74, 6) is 0.309. The monoisotopic (exact) mass is 625 g/mol. The Morgan fingerprint density at radius 1 is 1.12 bits per heavy atom. The lowest BCUT2D eigenvalue weighted by atomic mass is 10.2. The largest absolute Gasteiger partial charge is 0.488 e. The Morgan fingerprint density at radius 2 is 1.94 bits per heavy atom. The highest BCUT2D eigenvalue weighted by atomic mass is 127. The van der Waals surface area contributed by atoms with Gasteiger partial charge in [0.1, 0.15) is 12.4 Å². The van der Waals surface area contributed by atoms with Crippen molar-refractivity contribution in [1.82, 2.24) is 5.43 Å². The van der Waals surface area contributed by atoms with Gasteiger partial charge in [-0.3, -0.25) is 14.9 Å². The third-order valence-electron chi connectivity index (χ3n) is 4.65. The highest BCUT2D eigenvalue weighted by molar-refractivity contribution is 14.1. The minimum atomic E-state index is -0.466. The number of fused-ring (bicyclic) bond motifs is 1. The van der Waals surface area contributed by atoms with Gasteiger partial charge < -0.3 is 4.74 Å². The lowest BCUT2D eigenvalue weighted by Gasteiger charge is -2.09. The number of nitro groups is 1. The molecule has 172 valence electrons. The molecule has 11 heteroatoms. The summed E-state index contributed by atoms with van der Waals surface area (Å²) in [4.78, 5) is 23.3. The van der Waals surface area contributed by atoms with E-state index in [-0.39, 0.29) is 5.69 Å². The molecule has 4 aromatic rings. The zero-order valence-electron chi connectivity index (χ0n) is 17.1. The van der Waals surface area contributed by atoms with Gasteiger partial charge in [-0.2, -0.15) is 5.10 Å². The van der Waals surface area contributed by atoms with Crippen LogP contribution in [0.4, 0.5) is 5.69 Å². The number of halogens is 3. The maximum Gasteiger partial charge on any atom is 0.281 e. The smallest absolute Gasteiger partial charge is 0.281 e. The molecule has 4 rings (SSSR count). The van der Waals surface area contributed by atoms with Crippen molar-refractivity contribution in [3.8, 4) is 5.75 Å². The number of non-ortho nitro benzene ring substituents is 1. The summed E-state index contributed by atoms with van der Waals surface area (Å²) in [6.45, 7) is 0.342. The van der Waals surface area contributed by atoms with E-state index in [9.17, 15) is 14.9 Å². The van der Waals surface area contributed by atoms with Crippen LogP contribution in [0.15, 0.2) is 65.8 Å². The number of amides is 1. The third-order valence-corrected chi connectivity index (χ3v) is 7.35. The molecule has 0 atom stereocenters. The first-order chi connectivity index (χ1) is 16.3. The van der Waals surface area contributed by atoms with Gasteiger partial charge in [0.15, 0.2) is 0 Å². The van der Waals surface area contributed by atoms with Crippen molar-refractivity contribution < 1.29 is 14.5 Å². The van der Waals surface area contributed by atoms with Crippen LogP contribution in [0.1, 0.15) is 20.8 Å². The van der Waals surface area contributed by atoms with Crippen molar-refractivity contribution >= 4 is 85.0 Å². The Kier molecular flexibility index (Phi) is 7.67. The van der Waals surface area contributed by atoms with E-state index in [1.165, 1.54) is 29.7 Å². The van der Waals surface area contributed by atoms with Gasteiger partial charge in [0, 0.05) is 22.2 Å². The molecule has 0 aliphatic rings. The van der Waals surface area contributed by atoms with Crippen LogP contribution in [0.25, 0.3) is 10.1 Å². The number of ether oxygens (including phenoxy) is 1. The Labute approximate surface area is 221 Å². The lowest BCUT2D eigenvalue weighted by molar-refractivity contribution is -0.384. The summed E-state index contributed by atoms with van der Waals surface area (Å²) in [7, 11) is 0. The van der Waals surface area contributed by atoms with Gasteiger partial charge >= 0.3 is 0 Å². The minimum Gasteiger partial charge on any atom is -0.488 e. The van der Waals surface area contributed by atoms with Gasteiger partial charge in [-0.25, -0.2) is 5.43 Å². The van der Waals surface area contributed by atoms with Gasteiger partial charge in [0.05, 0.1) is 29.6 Å². The van der Waals surface area contributed by atoms with E-state index in [1.54, 1.807) is 24.3 Å². The molecular weight excluding hydrogens is 612 g/mol. The Hall–Kier alpha value is -2.73.